The molecule has 6 heteroatoms. The molecule has 1 saturated carbocycles. The standard InChI is InChI=1S/C16H23NO4S/c1-12(2)22(20,21)14-5-3-13(4-6-14)9-15(19)17-10-16(11-18)7-8-16/h3-6,12,18H,7-11H2,1-2H3,(H,17,19). The van der Waals surface area contributed by atoms with Gasteiger partial charge in [-0.2, -0.15) is 0 Å². The van der Waals surface area contributed by atoms with Gasteiger partial charge in [0.1, 0.15) is 0 Å². The smallest absolute Gasteiger partial charge is 0.224 e. The maximum Gasteiger partial charge on any atom is 0.224 e. The topological polar surface area (TPSA) is 83.5 Å². The fourth-order valence-electron chi connectivity index (χ4n) is 2.17. The molecule has 1 amide bonds. The quantitative estimate of drug-likeness (QED) is 0.791. The molecule has 2 rings (SSSR count). The highest BCUT2D eigenvalue weighted by molar-refractivity contribution is 7.92. The lowest BCUT2D eigenvalue weighted by Gasteiger charge is -2.13. The molecule has 0 saturated heterocycles. The molecule has 0 heterocycles. The molecule has 0 spiro atoms. The van der Waals surface area contributed by atoms with Crippen LogP contribution in [0.5, 0.6) is 0 Å². The number of aliphatic hydroxyl groups excluding tert-OH is 1. The zero-order chi connectivity index (χ0) is 16.4. The van der Waals surface area contributed by atoms with E-state index >= 15 is 0 Å². The number of rotatable bonds is 7. The van der Waals surface area contributed by atoms with Gasteiger partial charge in [0.15, 0.2) is 9.84 Å². The Bertz CT molecular complexity index is 631. The van der Waals surface area contributed by atoms with Crippen LogP contribution in [-0.4, -0.2) is 37.8 Å². The summed E-state index contributed by atoms with van der Waals surface area (Å²) in [6, 6.07) is 6.45. The number of sulfone groups is 1. The Hall–Kier alpha value is -1.40. The average molecular weight is 325 g/mol. The van der Waals surface area contributed by atoms with Crippen molar-refractivity contribution in [1.82, 2.24) is 5.32 Å². The first-order valence-electron chi connectivity index (χ1n) is 7.49. The van der Waals surface area contributed by atoms with Crippen LogP contribution in [0.15, 0.2) is 29.2 Å². The normalized spacial score (nSPS) is 16.5. The minimum Gasteiger partial charge on any atom is -0.396 e. The molecule has 22 heavy (non-hydrogen) atoms. The fraction of sp³-hybridized carbons (Fsp3) is 0.562. The van der Waals surface area contributed by atoms with Gasteiger partial charge in [-0.25, -0.2) is 8.42 Å². The number of hydrogen-bond acceptors (Lipinski definition) is 4. The van der Waals surface area contributed by atoms with Crippen LogP contribution in [0.2, 0.25) is 0 Å². The second kappa shape index (κ2) is 6.38. The third-order valence-electron chi connectivity index (χ3n) is 4.19. The van der Waals surface area contributed by atoms with Gasteiger partial charge in [0.05, 0.1) is 23.2 Å². The highest BCUT2D eigenvalue weighted by Crippen LogP contribution is 2.44. The van der Waals surface area contributed by atoms with Crippen LogP contribution in [0, 0.1) is 5.41 Å². The van der Waals surface area contributed by atoms with Gasteiger partial charge in [-0.15, -0.1) is 0 Å². The average Bonchev–Trinajstić information content (AvgIpc) is 3.26. The number of amides is 1. The molecule has 1 aromatic carbocycles. The summed E-state index contributed by atoms with van der Waals surface area (Å²) in [5, 5.41) is 11.6. The summed E-state index contributed by atoms with van der Waals surface area (Å²) in [6.45, 7) is 3.90. The predicted molar refractivity (Wildman–Crippen MR) is 84.2 cm³/mol. The van der Waals surface area contributed by atoms with Gasteiger partial charge in [0.2, 0.25) is 5.91 Å². The maximum atomic E-state index is 12.0. The second-order valence-corrected chi connectivity index (χ2v) is 8.85. The van der Waals surface area contributed by atoms with Gasteiger partial charge in [0.25, 0.3) is 0 Å². The van der Waals surface area contributed by atoms with E-state index in [1.54, 1.807) is 38.1 Å². The SMILES string of the molecule is CC(C)S(=O)(=O)c1ccc(CC(=O)NCC2(CO)CC2)cc1. The Morgan fingerprint density at radius 1 is 1.27 bits per heavy atom. The maximum absolute atomic E-state index is 12.0. The van der Waals surface area contributed by atoms with E-state index in [0.717, 1.165) is 18.4 Å². The monoisotopic (exact) mass is 325 g/mol. The molecule has 0 unspecified atom stereocenters. The molecular weight excluding hydrogens is 302 g/mol. The third-order valence-corrected chi connectivity index (χ3v) is 6.36. The van der Waals surface area contributed by atoms with E-state index in [2.05, 4.69) is 5.32 Å². The van der Waals surface area contributed by atoms with Gasteiger partial charge in [-0.1, -0.05) is 12.1 Å². The zero-order valence-corrected chi connectivity index (χ0v) is 13.8. The first kappa shape index (κ1) is 17.0. The highest BCUT2D eigenvalue weighted by atomic mass is 32.2. The van der Waals surface area contributed by atoms with Crippen molar-refractivity contribution in [1.29, 1.82) is 0 Å². The summed E-state index contributed by atoms with van der Waals surface area (Å²) >= 11 is 0. The molecule has 5 nitrogen and oxygen atoms in total. The van der Waals surface area contributed by atoms with Crippen LogP contribution in [0.3, 0.4) is 0 Å². The Morgan fingerprint density at radius 2 is 1.86 bits per heavy atom. The Labute approximate surface area is 131 Å². The van der Waals surface area contributed by atoms with E-state index in [-0.39, 0.29) is 29.2 Å². The number of hydrogen-bond donors (Lipinski definition) is 2. The van der Waals surface area contributed by atoms with Gasteiger partial charge in [-0.05, 0) is 44.4 Å². The van der Waals surface area contributed by atoms with Crippen LogP contribution in [0.25, 0.3) is 0 Å². The van der Waals surface area contributed by atoms with Gasteiger partial charge in [0, 0.05) is 12.0 Å². The minimum atomic E-state index is -3.28. The Balaban J connectivity index is 1.92. The first-order chi connectivity index (χ1) is 10.3. The number of carbonyl (C=O) groups is 1. The van der Waals surface area contributed by atoms with E-state index in [0.29, 0.717) is 6.54 Å². The van der Waals surface area contributed by atoms with E-state index in [1.807, 2.05) is 0 Å². The Kier molecular flexibility index (Phi) is 4.92. The van der Waals surface area contributed by atoms with Crippen molar-refractivity contribution in [3.05, 3.63) is 29.8 Å². The molecule has 1 aliphatic carbocycles. The summed E-state index contributed by atoms with van der Waals surface area (Å²) in [5.74, 6) is -0.112. The van der Waals surface area contributed by atoms with Crippen molar-refractivity contribution in [2.75, 3.05) is 13.2 Å². The summed E-state index contributed by atoms with van der Waals surface area (Å²) < 4.78 is 24.0. The van der Waals surface area contributed by atoms with Crippen molar-refractivity contribution < 1.29 is 18.3 Å². The summed E-state index contributed by atoms with van der Waals surface area (Å²) in [6.07, 6.45) is 2.11. The van der Waals surface area contributed by atoms with Crippen LogP contribution >= 0.6 is 0 Å². The van der Waals surface area contributed by atoms with Crippen LogP contribution in [-0.2, 0) is 21.1 Å². The van der Waals surface area contributed by atoms with Crippen LogP contribution < -0.4 is 5.32 Å². The molecule has 122 valence electrons. The van der Waals surface area contributed by atoms with E-state index in [4.69, 9.17) is 0 Å². The first-order valence-corrected chi connectivity index (χ1v) is 9.04. The van der Waals surface area contributed by atoms with Crippen molar-refractivity contribution in [2.45, 2.75) is 43.3 Å². The molecule has 0 aromatic heterocycles. The lowest BCUT2D eigenvalue weighted by atomic mass is 10.1. The lowest BCUT2D eigenvalue weighted by molar-refractivity contribution is -0.120. The lowest BCUT2D eigenvalue weighted by Crippen LogP contribution is -2.32. The summed E-state index contributed by atoms with van der Waals surface area (Å²) in [5.41, 5.74) is 0.666. The van der Waals surface area contributed by atoms with Crippen molar-refractivity contribution in [3.8, 4) is 0 Å². The predicted octanol–water partition coefficient (Wildman–Crippen LogP) is 1.30. The van der Waals surface area contributed by atoms with Crippen molar-refractivity contribution >= 4 is 15.7 Å². The Morgan fingerprint density at radius 3 is 2.32 bits per heavy atom. The van der Waals surface area contributed by atoms with Crippen molar-refractivity contribution in [2.24, 2.45) is 5.41 Å². The van der Waals surface area contributed by atoms with E-state index < -0.39 is 15.1 Å². The van der Waals surface area contributed by atoms with E-state index in [9.17, 15) is 18.3 Å². The van der Waals surface area contributed by atoms with Crippen molar-refractivity contribution in [3.63, 3.8) is 0 Å². The van der Waals surface area contributed by atoms with Gasteiger partial charge < -0.3 is 10.4 Å². The van der Waals surface area contributed by atoms with Crippen LogP contribution in [0.4, 0.5) is 0 Å². The zero-order valence-electron chi connectivity index (χ0n) is 13.0. The molecule has 0 bridgehead atoms. The molecule has 1 aliphatic rings. The van der Waals surface area contributed by atoms with Gasteiger partial charge in [-0.3, -0.25) is 4.79 Å². The molecule has 0 atom stereocenters. The summed E-state index contributed by atoms with van der Waals surface area (Å²) in [4.78, 5) is 12.2. The van der Waals surface area contributed by atoms with Crippen LogP contribution in [0.1, 0.15) is 32.3 Å². The van der Waals surface area contributed by atoms with Gasteiger partial charge >= 0.3 is 0 Å². The second-order valence-electron chi connectivity index (χ2n) is 6.35. The molecular formula is C16H23NO4S. The summed E-state index contributed by atoms with van der Waals surface area (Å²) in [7, 11) is -3.28. The number of nitrogens with one attached hydrogen (secondary N) is 1. The number of carbonyl (C=O) groups excluding carboxylic acids is 1. The minimum absolute atomic E-state index is 0.106. The molecule has 2 N–H and O–H groups in total. The molecule has 1 aromatic rings. The number of aliphatic hydroxyl groups is 1. The number of benzene rings is 1. The largest absolute Gasteiger partial charge is 0.396 e. The highest BCUT2D eigenvalue weighted by Gasteiger charge is 2.41. The molecule has 0 aliphatic heterocycles. The fourth-order valence-corrected chi connectivity index (χ4v) is 3.23. The molecule has 0 radical (unpaired) electrons. The third kappa shape index (κ3) is 3.87. The molecule has 1 fully saturated rings. The van der Waals surface area contributed by atoms with E-state index in [1.165, 1.54) is 0 Å².